The van der Waals surface area contributed by atoms with Crippen LogP contribution < -0.4 is 5.32 Å². The fourth-order valence-corrected chi connectivity index (χ4v) is 6.42. The number of carbonyl (C=O) groups is 1. The number of halogens is 4. The lowest BCUT2D eigenvalue weighted by Crippen LogP contribution is -2.73. The average Bonchev–Trinajstić information content (AvgIpc) is 3.36. The van der Waals surface area contributed by atoms with E-state index >= 15 is 0 Å². The van der Waals surface area contributed by atoms with Crippen molar-refractivity contribution in [3.63, 3.8) is 0 Å². The molecular weight excluding hydrogens is 535 g/mol. The molecule has 0 saturated carbocycles. The minimum absolute atomic E-state index is 0.138. The van der Waals surface area contributed by atoms with Crippen LogP contribution in [-0.2, 0) is 10.2 Å². The van der Waals surface area contributed by atoms with Crippen LogP contribution >= 0.6 is 11.6 Å². The maximum atomic E-state index is 14.9. The molecule has 2 aliphatic heterocycles. The van der Waals surface area contributed by atoms with Crippen LogP contribution in [0.1, 0.15) is 77.3 Å². The quantitative estimate of drug-likeness (QED) is 0.286. The van der Waals surface area contributed by atoms with Crippen molar-refractivity contribution >= 4 is 28.8 Å². The van der Waals surface area contributed by atoms with Crippen LogP contribution in [0.15, 0.2) is 47.5 Å². The highest BCUT2D eigenvalue weighted by atomic mass is 35.5. The molecule has 4 nitrogen and oxygen atoms in total. The van der Waals surface area contributed by atoms with E-state index in [0.29, 0.717) is 41.7 Å². The van der Waals surface area contributed by atoms with Crippen molar-refractivity contribution in [2.45, 2.75) is 83.2 Å². The molecule has 0 aliphatic carbocycles. The third kappa shape index (κ3) is 6.80. The number of hydrogen-bond acceptors (Lipinski definition) is 3. The SMILES string of the molecule is CCCCC(CCC)N1CC(CC(C)(C)c2cc(Cl)ccc2F)(NC(=O)C2=NCC(c3ccc(F)cc3F)=C2)C1. The molecule has 2 aromatic rings. The van der Waals surface area contributed by atoms with Gasteiger partial charge in [0.2, 0.25) is 0 Å². The first-order valence-electron chi connectivity index (χ1n) is 14.2. The maximum absolute atomic E-state index is 14.9. The van der Waals surface area contributed by atoms with Crippen molar-refractivity contribution in [3.05, 3.63) is 76.1 Å². The lowest BCUT2D eigenvalue weighted by atomic mass is 9.70. The number of benzene rings is 2. The van der Waals surface area contributed by atoms with Crippen LogP contribution in [0.4, 0.5) is 13.2 Å². The van der Waals surface area contributed by atoms with Crippen molar-refractivity contribution in [2.24, 2.45) is 4.99 Å². The summed E-state index contributed by atoms with van der Waals surface area (Å²) in [5, 5.41) is 3.71. The molecule has 0 bridgehead atoms. The second-order valence-corrected chi connectivity index (χ2v) is 12.3. The van der Waals surface area contributed by atoms with Gasteiger partial charge in [-0.15, -0.1) is 0 Å². The Balaban J connectivity index is 1.57. The van der Waals surface area contributed by atoms with Gasteiger partial charge in [0.1, 0.15) is 23.2 Å². The molecule has 2 aliphatic rings. The Kier molecular flexibility index (Phi) is 9.46. The number of hydrogen-bond donors (Lipinski definition) is 1. The minimum atomic E-state index is -0.687. The van der Waals surface area contributed by atoms with Crippen LogP contribution in [0.5, 0.6) is 0 Å². The molecule has 2 heterocycles. The van der Waals surface area contributed by atoms with E-state index < -0.39 is 22.6 Å². The van der Waals surface area contributed by atoms with Gasteiger partial charge in [-0.2, -0.15) is 0 Å². The molecule has 0 spiro atoms. The molecule has 216 valence electrons. The van der Waals surface area contributed by atoms with Crippen molar-refractivity contribution in [2.75, 3.05) is 19.6 Å². The Morgan fingerprint density at radius 2 is 1.82 bits per heavy atom. The fourth-order valence-electron chi connectivity index (χ4n) is 6.25. The minimum Gasteiger partial charge on any atom is -0.343 e. The van der Waals surface area contributed by atoms with Gasteiger partial charge in [0.25, 0.3) is 5.91 Å². The van der Waals surface area contributed by atoms with Gasteiger partial charge in [-0.1, -0.05) is 58.6 Å². The zero-order valence-corrected chi connectivity index (χ0v) is 24.6. The molecule has 8 heteroatoms. The number of carbonyl (C=O) groups excluding carboxylic acids is 1. The Morgan fingerprint density at radius 3 is 2.50 bits per heavy atom. The lowest BCUT2D eigenvalue weighted by Gasteiger charge is -2.56. The summed E-state index contributed by atoms with van der Waals surface area (Å²) in [6.07, 6.45) is 7.60. The molecule has 4 rings (SSSR count). The summed E-state index contributed by atoms with van der Waals surface area (Å²) in [6, 6.07) is 8.40. The standard InChI is InChI=1S/C32H39ClF3N3O/c1-5-7-9-24(8-6-2)39-19-32(20-39,18-31(3,4)26-15-22(33)10-13-27(26)35)38-30(40)29-14-21(17-37-29)25-12-11-23(34)16-28(25)36/h10-16,24H,5-9,17-20H2,1-4H3,(H,38,40). The molecule has 1 fully saturated rings. The summed E-state index contributed by atoms with van der Waals surface area (Å²) in [6.45, 7) is 9.75. The predicted octanol–water partition coefficient (Wildman–Crippen LogP) is 7.49. The average molecular weight is 574 g/mol. The first-order chi connectivity index (χ1) is 19.0. The third-order valence-corrected chi connectivity index (χ3v) is 8.33. The number of amides is 1. The van der Waals surface area contributed by atoms with Gasteiger partial charge in [0, 0.05) is 35.8 Å². The third-order valence-electron chi connectivity index (χ3n) is 8.10. The van der Waals surface area contributed by atoms with Gasteiger partial charge in [0.15, 0.2) is 0 Å². The van der Waals surface area contributed by atoms with Gasteiger partial charge < -0.3 is 5.32 Å². The van der Waals surface area contributed by atoms with E-state index in [-0.39, 0.29) is 29.5 Å². The summed E-state index contributed by atoms with van der Waals surface area (Å²) in [7, 11) is 0. The highest BCUT2D eigenvalue weighted by molar-refractivity contribution is 6.45. The summed E-state index contributed by atoms with van der Waals surface area (Å²) >= 11 is 6.23. The number of nitrogens with zero attached hydrogens (tertiary/aromatic N) is 2. The van der Waals surface area contributed by atoms with E-state index in [0.717, 1.165) is 38.2 Å². The number of likely N-dealkylation sites (tertiary alicyclic amines) is 1. The van der Waals surface area contributed by atoms with E-state index in [9.17, 15) is 18.0 Å². The monoisotopic (exact) mass is 573 g/mol. The van der Waals surface area contributed by atoms with Crippen LogP contribution in [-0.4, -0.2) is 47.7 Å². The Hall–Kier alpha value is -2.64. The Labute approximate surface area is 240 Å². The van der Waals surface area contributed by atoms with Crippen molar-refractivity contribution < 1.29 is 18.0 Å². The van der Waals surface area contributed by atoms with Crippen LogP contribution in [0, 0.1) is 17.5 Å². The van der Waals surface area contributed by atoms with Gasteiger partial charge >= 0.3 is 0 Å². The second-order valence-electron chi connectivity index (χ2n) is 11.9. The van der Waals surface area contributed by atoms with Gasteiger partial charge in [-0.05, 0) is 72.2 Å². The van der Waals surface area contributed by atoms with E-state index in [1.807, 2.05) is 13.8 Å². The number of nitrogens with one attached hydrogen (secondary N) is 1. The molecule has 1 atom stereocenters. The maximum Gasteiger partial charge on any atom is 0.269 e. The molecule has 2 aromatic carbocycles. The first kappa shape index (κ1) is 30.3. The smallest absolute Gasteiger partial charge is 0.269 e. The topological polar surface area (TPSA) is 44.7 Å². The fraction of sp³-hybridized carbons (Fsp3) is 0.500. The Bertz CT molecular complexity index is 1300. The summed E-state index contributed by atoms with van der Waals surface area (Å²) < 4.78 is 42.7. The second kappa shape index (κ2) is 12.5. The number of aliphatic imine (C=N–C) groups is 1. The predicted molar refractivity (Wildman–Crippen MR) is 156 cm³/mol. The molecule has 0 radical (unpaired) electrons. The van der Waals surface area contributed by atoms with Gasteiger partial charge in [-0.3, -0.25) is 14.7 Å². The summed E-state index contributed by atoms with van der Waals surface area (Å²) in [5.41, 5.74) is 0.251. The molecule has 1 N–H and O–H groups in total. The molecule has 40 heavy (non-hydrogen) atoms. The van der Waals surface area contributed by atoms with Gasteiger partial charge in [-0.25, -0.2) is 13.2 Å². The first-order valence-corrected chi connectivity index (χ1v) is 14.6. The van der Waals surface area contributed by atoms with Crippen LogP contribution in [0.25, 0.3) is 5.57 Å². The van der Waals surface area contributed by atoms with Crippen molar-refractivity contribution in [1.29, 1.82) is 0 Å². The zero-order chi connectivity index (χ0) is 29.1. The normalized spacial score (nSPS) is 17.7. The Morgan fingerprint density at radius 1 is 1.07 bits per heavy atom. The highest BCUT2D eigenvalue weighted by Gasteiger charge is 2.50. The largest absolute Gasteiger partial charge is 0.343 e. The zero-order valence-electron chi connectivity index (χ0n) is 23.8. The van der Waals surface area contributed by atoms with Crippen molar-refractivity contribution in [3.8, 4) is 0 Å². The van der Waals surface area contributed by atoms with Gasteiger partial charge in [0.05, 0.1) is 12.1 Å². The van der Waals surface area contributed by atoms with Crippen molar-refractivity contribution in [1.82, 2.24) is 10.2 Å². The molecule has 0 aromatic heterocycles. The van der Waals surface area contributed by atoms with E-state index in [1.54, 1.807) is 12.1 Å². The summed E-state index contributed by atoms with van der Waals surface area (Å²) in [4.78, 5) is 20.3. The summed E-state index contributed by atoms with van der Waals surface area (Å²) in [5.74, 6) is -2.02. The van der Waals surface area contributed by atoms with E-state index in [2.05, 4.69) is 29.1 Å². The van der Waals surface area contributed by atoms with E-state index in [4.69, 9.17) is 11.6 Å². The molecule has 1 unspecified atom stereocenters. The molecular formula is C32H39ClF3N3O. The van der Waals surface area contributed by atoms with Crippen LogP contribution in [0.3, 0.4) is 0 Å². The lowest BCUT2D eigenvalue weighted by molar-refractivity contribution is -0.120. The van der Waals surface area contributed by atoms with Crippen LogP contribution in [0.2, 0.25) is 5.02 Å². The molecule has 1 amide bonds. The molecule has 1 saturated heterocycles. The number of rotatable bonds is 12. The number of unbranched alkanes of at least 4 members (excludes halogenated alkanes) is 1. The highest BCUT2D eigenvalue weighted by Crippen LogP contribution is 2.40. The van der Waals surface area contributed by atoms with E-state index in [1.165, 1.54) is 24.3 Å².